The number of tetrazole rings is 1. The number of likely N-dealkylation sites (N-methyl/N-ethyl adjacent to an activating group) is 1. The molecular weight excluding hydrogens is 462 g/mol. The van der Waals surface area contributed by atoms with Gasteiger partial charge < -0.3 is 14.5 Å². The second-order valence-corrected chi connectivity index (χ2v) is 10.2. The summed E-state index contributed by atoms with van der Waals surface area (Å²) in [4.78, 5) is 11.3. The molecule has 1 aliphatic rings. The lowest BCUT2D eigenvalue weighted by Crippen LogP contribution is -2.34. The molecule has 0 N–H and O–H groups in total. The maximum atomic E-state index is 6.00. The lowest BCUT2D eigenvalue weighted by molar-refractivity contribution is 0.115. The lowest BCUT2D eigenvalue weighted by atomic mass is 10.1. The van der Waals surface area contributed by atoms with Crippen LogP contribution in [0.5, 0.6) is 0 Å². The third-order valence-corrected chi connectivity index (χ3v) is 7.03. The van der Waals surface area contributed by atoms with Gasteiger partial charge in [-0.2, -0.15) is 4.80 Å². The van der Waals surface area contributed by atoms with E-state index in [0.29, 0.717) is 19.0 Å². The molecule has 0 unspecified atom stereocenters. The van der Waals surface area contributed by atoms with Gasteiger partial charge >= 0.3 is 0 Å². The van der Waals surface area contributed by atoms with Gasteiger partial charge in [0.25, 0.3) is 5.95 Å². The molecule has 8 nitrogen and oxygen atoms in total. The Bertz CT molecular complexity index is 1360. The molecule has 37 heavy (non-hydrogen) atoms. The van der Waals surface area contributed by atoms with E-state index in [0.717, 1.165) is 54.8 Å². The minimum Gasteiger partial charge on any atom is -0.376 e. The quantitative estimate of drug-likeness (QED) is 0.324. The third-order valence-electron chi connectivity index (χ3n) is 7.03. The normalized spacial score (nSPS) is 15.4. The minimum absolute atomic E-state index is 0.246. The van der Waals surface area contributed by atoms with E-state index in [1.165, 1.54) is 27.1 Å². The average molecular weight is 500 g/mol. The first-order valence-electron chi connectivity index (χ1n) is 13.2. The molecule has 4 aromatic rings. The van der Waals surface area contributed by atoms with Gasteiger partial charge in [-0.05, 0) is 62.9 Å². The van der Waals surface area contributed by atoms with Crippen molar-refractivity contribution in [1.29, 1.82) is 0 Å². The topological polar surface area (TPSA) is 72.2 Å². The Labute approximate surface area is 219 Å². The highest BCUT2D eigenvalue weighted by Gasteiger charge is 2.24. The summed E-state index contributed by atoms with van der Waals surface area (Å²) in [5.41, 5.74) is 7.10. The van der Waals surface area contributed by atoms with Crippen molar-refractivity contribution < 1.29 is 4.74 Å². The van der Waals surface area contributed by atoms with E-state index in [4.69, 9.17) is 9.72 Å². The summed E-state index contributed by atoms with van der Waals surface area (Å²) in [5, 5.41) is 14.2. The molecule has 0 bridgehead atoms. The molecule has 1 saturated heterocycles. The van der Waals surface area contributed by atoms with E-state index in [2.05, 4.69) is 95.4 Å². The number of fused-ring (bicyclic) bond motifs is 1. The first-order chi connectivity index (χ1) is 17.9. The number of aryl methyl sites for hydroxylation is 4. The van der Waals surface area contributed by atoms with Crippen LogP contribution in [0.3, 0.4) is 0 Å². The standard InChI is InChI=1S/C29H37N7O/c1-6-35(19-26-11-8-12-37-26)28-25(16-24-10-7-9-22(4)27(24)30-28)18-36(29-31-33-34(5)32-29)17-23-14-20(2)13-21(3)15-23/h7,9-10,13-16,26H,6,8,11-12,17-19H2,1-5H3/t26-/m0/s1. The molecule has 0 radical (unpaired) electrons. The van der Waals surface area contributed by atoms with E-state index in [-0.39, 0.29) is 6.10 Å². The number of hydrogen-bond donors (Lipinski definition) is 0. The van der Waals surface area contributed by atoms with E-state index in [9.17, 15) is 0 Å². The zero-order valence-corrected chi connectivity index (χ0v) is 22.6. The molecule has 194 valence electrons. The highest BCUT2D eigenvalue weighted by atomic mass is 16.5. The second kappa shape index (κ2) is 10.8. The maximum Gasteiger partial charge on any atom is 0.266 e. The molecular formula is C29H37N7O. The summed E-state index contributed by atoms with van der Waals surface area (Å²) in [6.07, 6.45) is 2.47. The summed E-state index contributed by atoms with van der Waals surface area (Å²) in [5.74, 6) is 1.62. The number of hydrogen-bond acceptors (Lipinski definition) is 7. The van der Waals surface area contributed by atoms with Crippen molar-refractivity contribution in [2.45, 2.75) is 59.7 Å². The van der Waals surface area contributed by atoms with Crippen molar-refractivity contribution >= 4 is 22.7 Å². The molecule has 3 heterocycles. The zero-order valence-electron chi connectivity index (χ0n) is 22.6. The largest absolute Gasteiger partial charge is 0.376 e. The number of anilines is 2. The van der Waals surface area contributed by atoms with E-state index < -0.39 is 0 Å². The van der Waals surface area contributed by atoms with Gasteiger partial charge in [0.1, 0.15) is 5.82 Å². The highest BCUT2D eigenvalue weighted by molar-refractivity contribution is 5.84. The molecule has 2 aromatic heterocycles. The van der Waals surface area contributed by atoms with Crippen LogP contribution in [0.25, 0.3) is 10.9 Å². The van der Waals surface area contributed by atoms with Gasteiger partial charge in [-0.3, -0.25) is 0 Å². The van der Waals surface area contributed by atoms with Crippen LogP contribution in [0.4, 0.5) is 11.8 Å². The lowest BCUT2D eigenvalue weighted by Gasteiger charge is -2.29. The fourth-order valence-corrected chi connectivity index (χ4v) is 5.35. The fourth-order valence-electron chi connectivity index (χ4n) is 5.35. The molecule has 5 rings (SSSR count). The van der Waals surface area contributed by atoms with Gasteiger partial charge in [-0.15, -0.1) is 5.10 Å². The van der Waals surface area contributed by atoms with Gasteiger partial charge in [-0.1, -0.05) is 52.6 Å². The van der Waals surface area contributed by atoms with Gasteiger partial charge in [0.05, 0.1) is 18.7 Å². The summed E-state index contributed by atoms with van der Waals surface area (Å²) in [7, 11) is 1.80. The van der Waals surface area contributed by atoms with Crippen LogP contribution in [0.15, 0.2) is 42.5 Å². The Morgan fingerprint density at radius 1 is 1.03 bits per heavy atom. The molecule has 1 fully saturated rings. The van der Waals surface area contributed by atoms with Crippen LogP contribution in [0, 0.1) is 20.8 Å². The summed E-state index contributed by atoms with van der Waals surface area (Å²) in [6.45, 7) is 12.4. The highest BCUT2D eigenvalue weighted by Crippen LogP contribution is 2.29. The summed E-state index contributed by atoms with van der Waals surface area (Å²) < 4.78 is 6.00. The van der Waals surface area contributed by atoms with Gasteiger partial charge in [-0.25, -0.2) is 4.98 Å². The second-order valence-electron chi connectivity index (χ2n) is 10.2. The molecule has 2 aromatic carbocycles. The maximum absolute atomic E-state index is 6.00. The van der Waals surface area contributed by atoms with Crippen LogP contribution < -0.4 is 9.80 Å². The summed E-state index contributed by atoms with van der Waals surface area (Å²) >= 11 is 0. The van der Waals surface area contributed by atoms with Crippen LogP contribution in [-0.4, -0.2) is 51.0 Å². The van der Waals surface area contributed by atoms with Crippen LogP contribution >= 0.6 is 0 Å². The number of rotatable bonds is 9. The van der Waals surface area contributed by atoms with Crippen molar-refractivity contribution in [3.8, 4) is 0 Å². The first kappa shape index (κ1) is 25.1. The molecule has 0 amide bonds. The van der Waals surface area contributed by atoms with Crippen LogP contribution in [-0.2, 0) is 24.9 Å². The van der Waals surface area contributed by atoms with E-state index in [1.807, 2.05) is 0 Å². The molecule has 0 saturated carbocycles. The van der Waals surface area contributed by atoms with E-state index >= 15 is 0 Å². The first-order valence-corrected chi connectivity index (χ1v) is 13.2. The number of nitrogens with zero attached hydrogens (tertiary/aromatic N) is 7. The minimum atomic E-state index is 0.246. The van der Waals surface area contributed by atoms with Crippen LogP contribution in [0.1, 0.15) is 47.6 Å². The number of pyridine rings is 1. The molecule has 1 atom stereocenters. The fraction of sp³-hybridized carbons (Fsp3) is 0.448. The smallest absolute Gasteiger partial charge is 0.266 e. The Hall–Kier alpha value is -3.52. The van der Waals surface area contributed by atoms with Gasteiger partial charge in [0.15, 0.2) is 0 Å². The Morgan fingerprint density at radius 2 is 1.84 bits per heavy atom. The van der Waals surface area contributed by atoms with Crippen molar-refractivity contribution in [2.24, 2.45) is 7.05 Å². The average Bonchev–Trinajstić information content (AvgIpc) is 3.53. The monoisotopic (exact) mass is 499 g/mol. The molecule has 1 aliphatic heterocycles. The van der Waals surface area contributed by atoms with Gasteiger partial charge in [0, 0.05) is 43.7 Å². The van der Waals surface area contributed by atoms with Crippen molar-refractivity contribution in [3.63, 3.8) is 0 Å². The number of ether oxygens (including phenoxy) is 1. The number of aromatic nitrogens is 5. The van der Waals surface area contributed by atoms with Crippen molar-refractivity contribution in [3.05, 3.63) is 70.3 Å². The SMILES string of the molecule is CCN(C[C@@H]1CCCO1)c1nc2c(C)cccc2cc1CN(Cc1cc(C)cc(C)c1)c1nnn(C)n1. The molecule has 0 aliphatic carbocycles. The zero-order chi connectivity index (χ0) is 25.9. The Kier molecular flexibility index (Phi) is 7.37. The van der Waals surface area contributed by atoms with Crippen molar-refractivity contribution in [2.75, 3.05) is 29.5 Å². The Morgan fingerprint density at radius 3 is 2.51 bits per heavy atom. The predicted molar refractivity (Wildman–Crippen MR) is 148 cm³/mol. The predicted octanol–water partition coefficient (Wildman–Crippen LogP) is 4.90. The molecule has 0 spiro atoms. The third kappa shape index (κ3) is 5.74. The number of benzene rings is 2. The van der Waals surface area contributed by atoms with E-state index in [1.54, 1.807) is 7.05 Å². The van der Waals surface area contributed by atoms with Gasteiger partial charge in [0.2, 0.25) is 0 Å². The number of para-hydroxylation sites is 1. The van der Waals surface area contributed by atoms with Crippen molar-refractivity contribution in [1.82, 2.24) is 25.2 Å². The summed E-state index contributed by atoms with van der Waals surface area (Å²) in [6, 6.07) is 15.3. The molecule has 8 heteroatoms. The Balaban J connectivity index is 1.57. The van der Waals surface area contributed by atoms with Crippen LogP contribution in [0.2, 0.25) is 0 Å².